The van der Waals surface area contributed by atoms with Gasteiger partial charge in [-0.2, -0.15) is 0 Å². The molecule has 1 fully saturated rings. The maximum absolute atomic E-state index is 12.7. The number of anilines is 1. The maximum Gasteiger partial charge on any atom is 0.338 e. The van der Waals surface area contributed by atoms with Gasteiger partial charge in [-0.25, -0.2) is 4.79 Å². The van der Waals surface area contributed by atoms with Crippen LogP contribution in [-0.2, 0) is 19.1 Å². The highest BCUT2D eigenvalue weighted by atomic mass is 35.5. The molecule has 2 aromatic carbocycles. The Morgan fingerprint density at radius 3 is 2.00 bits per heavy atom. The number of allylic oxidation sites excluding steroid dienone is 2. The topological polar surface area (TPSA) is 122 Å². The Morgan fingerprint density at radius 2 is 1.41 bits per heavy atom. The normalized spacial score (nSPS) is 18.9. The quantitative estimate of drug-likeness (QED) is 0.293. The van der Waals surface area contributed by atoms with E-state index >= 15 is 0 Å². The van der Waals surface area contributed by atoms with Gasteiger partial charge in [-0.1, -0.05) is 23.8 Å². The van der Waals surface area contributed by atoms with Crippen LogP contribution in [0.2, 0.25) is 5.02 Å². The molecule has 174 valence electrons. The smallest absolute Gasteiger partial charge is 0.338 e. The van der Waals surface area contributed by atoms with E-state index in [9.17, 15) is 24.0 Å². The van der Waals surface area contributed by atoms with Gasteiger partial charge in [0.25, 0.3) is 11.8 Å². The molecule has 4 rings (SSSR count). The van der Waals surface area contributed by atoms with Gasteiger partial charge in [0.2, 0.25) is 11.8 Å². The molecule has 9 nitrogen and oxygen atoms in total. The number of halogens is 1. The number of hydrogen-bond acceptors (Lipinski definition) is 6. The Bertz CT molecular complexity index is 1150. The summed E-state index contributed by atoms with van der Waals surface area (Å²) in [7, 11) is 0. The number of nitrogens with one attached hydrogen (secondary N) is 2. The lowest BCUT2D eigenvalue weighted by Gasteiger charge is -2.15. The van der Waals surface area contributed by atoms with Crippen molar-refractivity contribution in [3.63, 3.8) is 0 Å². The second-order valence-corrected chi connectivity index (χ2v) is 8.24. The predicted molar refractivity (Wildman–Crippen MR) is 122 cm³/mol. The molecule has 0 aromatic heterocycles. The zero-order valence-corrected chi connectivity index (χ0v) is 18.6. The molecular weight excluding hydrogens is 462 g/mol. The van der Waals surface area contributed by atoms with Crippen molar-refractivity contribution in [1.29, 1.82) is 0 Å². The third kappa shape index (κ3) is 4.84. The summed E-state index contributed by atoms with van der Waals surface area (Å²) in [6.45, 7) is -0.624. The molecule has 2 aliphatic rings. The van der Waals surface area contributed by atoms with Gasteiger partial charge in [0.05, 0.1) is 23.1 Å². The number of fused-ring (bicyclic) bond motifs is 1. The fraction of sp³-hybridized carbons (Fsp3) is 0.208. The summed E-state index contributed by atoms with van der Waals surface area (Å²) >= 11 is 5.76. The number of imide groups is 1. The summed E-state index contributed by atoms with van der Waals surface area (Å²) in [5, 5.41) is 0.467. The lowest BCUT2D eigenvalue weighted by Crippen LogP contribution is -2.43. The Hall–Kier alpha value is -3.98. The number of benzene rings is 2. The highest BCUT2D eigenvalue weighted by Crippen LogP contribution is 2.37. The van der Waals surface area contributed by atoms with Gasteiger partial charge in [0.15, 0.2) is 6.61 Å². The maximum atomic E-state index is 12.7. The second kappa shape index (κ2) is 9.88. The van der Waals surface area contributed by atoms with Crippen LogP contribution in [0.25, 0.3) is 0 Å². The number of hydrogen-bond donors (Lipinski definition) is 2. The molecule has 0 spiro atoms. The first-order valence-electron chi connectivity index (χ1n) is 10.5. The molecule has 0 saturated carbocycles. The molecule has 0 radical (unpaired) electrons. The monoisotopic (exact) mass is 481 g/mol. The van der Waals surface area contributed by atoms with E-state index in [1.165, 1.54) is 48.5 Å². The zero-order chi connectivity index (χ0) is 24.2. The summed E-state index contributed by atoms with van der Waals surface area (Å²) in [6, 6.07) is 11.9. The van der Waals surface area contributed by atoms with E-state index in [4.69, 9.17) is 16.3 Å². The van der Waals surface area contributed by atoms with E-state index in [0.717, 1.165) is 4.90 Å². The van der Waals surface area contributed by atoms with Crippen LogP contribution in [0.15, 0.2) is 60.7 Å². The van der Waals surface area contributed by atoms with Crippen molar-refractivity contribution >= 4 is 46.9 Å². The van der Waals surface area contributed by atoms with Crippen LogP contribution in [0.1, 0.15) is 33.6 Å². The summed E-state index contributed by atoms with van der Waals surface area (Å²) in [5.74, 6) is -3.26. The molecule has 0 unspecified atom stereocenters. The minimum atomic E-state index is -0.775. The van der Waals surface area contributed by atoms with Crippen LogP contribution in [0.3, 0.4) is 0 Å². The van der Waals surface area contributed by atoms with E-state index in [-0.39, 0.29) is 34.8 Å². The molecule has 10 heteroatoms. The number of rotatable bonds is 5. The van der Waals surface area contributed by atoms with Crippen molar-refractivity contribution in [3.8, 4) is 0 Å². The highest BCUT2D eigenvalue weighted by Gasteiger charge is 2.47. The fourth-order valence-electron chi connectivity index (χ4n) is 3.85. The van der Waals surface area contributed by atoms with E-state index < -0.39 is 24.4 Å². The Balaban J connectivity index is 1.28. The minimum absolute atomic E-state index is 0.139. The average molecular weight is 482 g/mol. The molecule has 1 aliphatic heterocycles. The van der Waals surface area contributed by atoms with Crippen molar-refractivity contribution in [2.45, 2.75) is 12.8 Å². The van der Waals surface area contributed by atoms with Gasteiger partial charge in [-0.05, 0) is 61.4 Å². The van der Waals surface area contributed by atoms with E-state index in [2.05, 4.69) is 10.9 Å². The number of nitrogens with zero attached hydrogens (tertiary/aromatic N) is 1. The van der Waals surface area contributed by atoms with E-state index in [1.807, 2.05) is 12.2 Å². The SMILES string of the molecule is O=C(COC(=O)c1ccc(N2C(=O)[C@H]3CC=CC[C@@H]3C2=O)cc1)NNC(=O)c1ccc(Cl)cc1. The summed E-state index contributed by atoms with van der Waals surface area (Å²) < 4.78 is 4.95. The van der Waals surface area contributed by atoms with Crippen molar-refractivity contribution in [2.75, 3.05) is 11.5 Å². The van der Waals surface area contributed by atoms with Gasteiger partial charge < -0.3 is 4.74 Å². The Labute approximate surface area is 199 Å². The van der Waals surface area contributed by atoms with Gasteiger partial charge >= 0.3 is 5.97 Å². The van der Waals surface area contributed by atoms with Gasteiger partial charge in [-0.15, -0.1) is 0 Å². The molecule has 1 aliphatic carbocycles. The van der Waals surface area contributed by atoms with Gasteiger partial charge in [0.1, 0.15) is 0 Å². The Kier molecular flexibility index (Phi) is 6.74. The molecule has 2 aromatic rings. The number of amides is 4. The van der Waals surface area contributed by atoms with Crippen LogP contribution in [-0.4, -0.2) is 36.2 Å². The number of carbonyl (C=O) groups is 5. The molecule has 2 N–H and O–H groups in total. The van der Waals surface area contributed by atoms with Crippen molar-refractivity contribution in [1.82, 2.24) is 10.9 Å². The first kappa shape index (κ1) is 23.2. The van der Waals surface area contributed by atoms with Crippen LogP contribution in [0.5, 0.6) is 0 Å². The molecule has 4 amide bonds. The minimum Gasteiger partial charge on any atom is -0.452 e. The first-order chi connectivity index (χ1) is 16.3. The molecule has 2 atom stereocenters. The largest absolute Gasteiger partial charge is 0.452 e. The summed E-state index contributed by atoms with van der Waals surface area (Å²) in [4.78, 5) is 62.6. The first-order valence-corrected chi connectivity index (χ1v) is 10.9. The van der Waals surface area contributed by atoms with Crippen LogP contribution in [0.4, 0.5) is 5.69 Å². The van der Waals surface area contributed by atoms with Gasteiger partial charge in [0, 0.05) is 10.6 Å². The average Bonchev–Trinajstić information content (AvgIpc) is 3.11. The third-order valence-electron chi connectivity index (χ3n) is 5.62. The number of carbonyl (C=O) groups excluding carboxylic acids is 5. The highest BCUT2D eigenvalue weighted by molar-refractivity contribution is 6.30. The van der Waals surface area contributed by atoms with Crippen LogP contribution >= 0.6 is 11.6 Å². The second-order valence-electron chi connectivity index (χ2n) is 7.80. The summed E-state index contributed by atoms with van der Waals surface area (Å²) in [6.07, 6.45) is 4.90. The third-order valence-corrected chi connectivity index (χ3v) is 5.88. The van der Waals surface area contributed by atoms with Crippen LogP contribution < -0.4 is 15.8 Å². The molecule has 0 bridgehead atoms. The van der Waals surface area contributed by atoms with Crippen molar-refractivity contribution in [3.05, 3.63) is 76.8 Å². The van der Waals surface area contributed by atoms with Gasteiger partial charge in [-0.3, -0.25) is 34.9 Å². The van der Waals surface area contributed by atoms with E-state index in [0.29, 0.717) is 23.6 Å². The molecule has 34 heavy (non-hydrogen) atoms. The molecular formula is C24H20ClN3O6. The standard InChI is InChI=1S/C24H20ClN3O6/c25-16-9-5-14(6-10-16)21(30)27-26-20(29)13-34-24(33)15-7-11-17(12-8-15)28-22(31)18-3-1-2-4-19(18)23(28)32/h1-2,5-12,18-19H,3-4,13H2,(H,26,29)(H,27,30)/t18-,19-/m0/s1. The molecule has 1 saturated heterocycles. The fourth-order valence-corrected chi connectivity index (χ4v) is 3.98. The lowest BCUT2D eigenvalue weighted by molar-refractivity contribution is -0.125. The number of hydrazine groups is 1. The lowest BCUT2D eigenvalue weighted by atomic mass is 9.85. The zero-order valence-electron chi connectivity index (χ0n) is 17.8. The number of ether oxygens (including phenoxy) is 1. The summed E-state index contributed by atoms with van der Waals surface area (Å²) in [5.41, 5.74) is 5.15. The van der Waals surface area contributed by atoms with Crippen molar-refractivity contribution in [2.24, 2.45) is 11.8 Å². The van der Waals surface area contributed by atoms with Crippen LogP contribution in [0, 0.1) is 11.8 Å². The number of esters is 1. The van der Waals surface area contributed by atoms with E-state index in [1.54, 1.807) is 0 Å². The van der Waals surface area contributed by atoms with Crippen molar-refractivity contribution < 1.29 is 28.7 Å². The Morgan fingerprint density at radius 1 is 0.853 bits per heavy atom. The molecule has 1 heterocycles. The predicted octanol–water partition coefficient (Wildman–Crippen LogP) is 2.41.